The van der Waals surface area contributed by atoms with Crippen LogP contribution >= 0.6 is 0 Å². The Hall–Kier alpha value is -3.10. The van der Waals surface area contributed by atoms with Crippen molar-refractivity contribution in [2.75, 3.05) is 58.4 Å². The standard InChI is InChI=1S/C24H29FN4O3/c1-27(12-17-32-22-5-2-20(25)3-6-22)24(30)26-21-4-7-23-19(18-21)8-9-29(23)11-10-28-13-15-31-16-14-28/h2-9,18H,10-17H2,1H3,(H,26,30). The molecule has 3 aromatic rings. The lowest BCUT2D eigenvalue weighted by Gasteiger charge is -2.26. The zero-order chi connectivity index (χ0) is 22.3. The predicted octanol–water partition coefficient (Wildman–Crippen LogP) is 3.66. The van der Waals surface area contributed by atoms with E-state index in [1.54, 1.807) is 24.1 Å². The smallest absolute Gasteiger partial charge is 0.321 e. The number of hydrogen-bond acceptors (Lipinski definition) is 4. The molecule has 1 saturated heterocycles. The summed E-state index contributed by atoms with van der Waals surface area (Å²) in [5.74, 6) is 0.266. The van der Waals surface area contributed by atoms with Crippen LogP contribution in [0.25, 0.3) is 10.9 Å². The number of carbonyl (C=O) groups excluding carboxylic acids is 1. The third-order valence-electron chi connectivity index (χ3n) is 5.64. The average Bonchev–Trinajstić information content (AvgIpc) is 3.22. The molecule has 2 amide bonds. The largest absolute Gasteiger partial charge is 0.492 e. The number of benzene rings is 2. The highest BCUT2D eigenvalue weighted by Crippen LogP contribution is 2.21. The summed E-state index contributed by atoms with van der Waals surface area (Å²) in [6.45, 7) is 6.23. The molecule has 8 heteroatoms. The van der Waals surface area contributed by atoms with Crippen LogP contribution < -0.4 is 10.1 Å². The van der Waals surface area contributed by atoms with Gasteiger partial charge in [0.1, 0.15) is 18.2 Å². The van der Waals surface area contributed by atoms with Gasteiger partial charge in [-0.25, -0.2) is 9.18 Å². The van der Waals surface area contributed by atoms with E-state index >= 15 is 0 Å². The molecule has 0 bridgehead atoms. The van der Waals surface area contributed by atoms with Crippen LogP contribution in [-0.2, 0) is 11.3 Å². The molecule has 7 nitrogen and oxygen atoms in total. The molecule has 170 valence electrons. The molecule has 0 spiro atoms. The van der Waals surface area contributed by atoms with Crippen molar-refractivity contribution in [3.63, 3.8) is 0 Å². The maximum Gasteiger partial charge on any atom is 0.321 e. The third-order valence-corrected chi connectivity index (χ3v) is 5.64. The summed E-state index contributed by atoms with van der Waals surface area (Å²) in [5.41, 5.74) is 1.90. The Kier molecular flexibility index (Phi) is 7.24. The fraction of sp³-hybridized carbons (Fsp3) is 0.375. The Labute approximate surface area is 187 Å². The number of aromatic nitrogens is 1. The molecule has 1 fully saturated rings. The number of carbonyl (C=O) groups is 1. The third kappa shape index (κ3) is 5.77. The summed E-state index contributed by atoms with van der Waals surface area (Å²) in [5, 5.41) is 4.02. The highest BCUT2D eigenvalue weighted by molar-refractivity contribution is 5.92. The molecule has 1 aliphatic heterocycles. The molecule has 32 heavy (non-hydrogen) atoms. The number of nitrogens with zero attached hydrogens (tertiary/aromatic N) is 3. The van der Waals surface area contributed by atoms with E-state index in [0.29, 0.717) is 18.9 Å². The van der Waals surface area contributed by atoms with Gasteiger partial charge in [0.05, 0.1) is 19.8 Å². The van der Waals surface area contributed by atoms with Gasteiger partial charge in [0.25, 0.3) is 0 Å². The van der Waals surface area contributed by atoms with E-state index < -0.39 is 0 Å². The van der Waals surface area contributed by atoms with Crippen LogP contribution in [0.4, 0.5) is 14.9 Å². The number of nitrogens with one attached hydrogen (secondary N) is 1. The molecule has 1 aromatic heterocycles. The molecule has 0 atom stereocenters. The minimum Gasteiger partial charge on any atom is -0.492 e. The van der Waals surface area contributed by atoms with Crippen LogP contribution in [0, 0.1) is 5.82 Å². The summed E-state index contributed by atoms with van der Waals surface area (Å²) in [4.78, 5) is 16.5. The Morgan fingerprint density at radius 1 is 1.12 bits per heavy atom. The Morgan fingerprint density at radius 2 is 1.91 bits per heavy atom. The van der Waals surface area contributed by atoms with Crippen molar-refractivity contribution in [1.29, 1.82) is 0 Å². The summed E-state index contributed by atoms with van der Waals surface area (Å²) in [7, 11) is 1.71. The van der Waals surface area contributed by atoms with Gasteiger partial charge >= 0.3 is 6.03 Å². The summed E-state index contributed by atoms with van der Waals surface area (Å²) in [6.07, 6.45) is 2.09. The van der Waals surface area contributed by atoms with Gasteiger partial charge in [-0.3, -0.25) is 4.90 Å². The Bertz CT molecular complexity index is 1030. The molecule has 0 unspecified atom stereocenters. The number of morpholine rings is 1. The van der Waals surface area contributed by atoms with Crippen LogP contribution in [0.1, 0.15) is 0 Å². The number of anilines is 1. The Balaban J connectivity index is 1.27. The first kappa shape index (κ1) is 22.1. The van der Waals surface area contributed by atoms with E-state index in [-0.39, 0.29) is 11.8 Å². The monoisotopic (exact) mass is 440 g/mol. The molecule has 0 aliphatic carbocycles. The van der Waals surface area contributed by atoms with Gasteiger partial charge in [0, 0.05) is 56.0 Å². The molecule has 1 aliphatic rings. The lowest BCUT2D eigenvalue weighted by Crippen LogP contribution is -2.38. The summed E-state index contributed by atoms with van der Waals surface area (Å²) in [6, 6.07) is 13.6. The van der Waals surface area contributed by atoms with E-state index in [1.807, 2.05) is 18.2 Å². The van der Waals surface area contributed by atoms with E-state index in [0.717, 1.165) is 56.0 Å². The number of rotatable bonds is 8. The quantitative estimate of drug-likeness (QED) is 0.581. The zero-order valence-electron chi connectivity index (χ0n) is 18.3. The highest BCUT2D eigenvalue weighted by Gasteiger charge is 2.12. The maximum atomic E-state index is 12.9. The lowest BCUT2D eigenvalue weighted by atomic mass is 10.2. The van der Waals surface area contributed by atoms with Crippen molar-refractivity contribution in [2.24, 2.45) is 0 Å². The second kappa shape index (κ2) is 10.5. The summed E-state index contributed by atoms with van der Waals surface area (Å²) >= 11 is 0. The van der Waals surface area contributed by atoms with E-state index in [9.17, 15) is 9.18 Å². The van der Waals surface area contributed by atoms with Gasteiger partial charge in [-0.2, -0.15) is 0 Å². The number of ether oxygens (including phenoxy) is 2. The van der Waals surface area contributed by atoms with Crippen LogP contribution in [0.3, 0.4) is 0 Å². The SMILES string of the molecule is CN(CCOc1ccc(F)cc1)C(=O)Nc1ccc2c(ccn2CCN2CCOCC2)c1. The maximum absolute atomic E-state index is 12.9. The van der Waals surface area contributed by atoms with Crippen molar-refractivity contribution < 1.29 is 18.7 Å². The first-order valence-electron chi connectivity index (χ1n) is 10.9. The second-order valence-electron chi connectivity index (χ2n) is 7.89. The van der Waals surface area contributed by atoms with E-state index in [2.05, 4.69) is 27.0 Å². The van der Waals surface area contributed by atoms with Gasteiger partial charge in [-0.1, -0.05) is 0 Å². The molecular formula is C24H29FN4O3. The number of halogens is 1. The first-order valence-corrected chi connectivity index (χ1v) is 10.9. The topological polar surface area (TPSA) is 59.0 Å². The molecule has 1 N–H and O–H groups in total. The molecule has 2 aromatic carbocycles. The number of likely N-dealkylation sites (N-methyl/N-ethyl adjacent to an activating group) is 1. The van der Waals surface area contributed by atoms with Crippen molar-refractivity contribution in [3.8, 4) is 5.75 Å². The first-order chi connectivity index (χ1) is 15.6. The van der Waals surface area contributed by atoms with Gasteiger partial charge in [-0.05, 0) is 48.5 Å². The van der Waals surface area contributed by atoms with Gasteiger partial charge in [0.2, 0.25) is 0 Å². The molecule has 2 heterocycles. The number of urea groups is 1. The predicted molar refractivity (Wildman–Crippen MR) is 123 cm³/mol. The van der Waals surface area contributed by atoms with Crippen molar-refractivity contribution in [2.45, 2.75) is 6.54 Å². The van der Waals surface area contributed by atoms with Crippen LogP contribution in [0.2, 0.25) is 0 Å². The normalized spacial score (nSPS) is 14.4. The minimum absolute atomic E-state index is 0.209. The van der Waals surface area contributed by atoms with Gasteiger partial charge in [-0.15, -0.1) is 0 Å². The molecular weight excluding hydrogens is 411 g/mol. The minimum atomic E-state index is -0.307. The Morgan fingerprint density at radius 3 is 2.69 bits per heavy atom. The van der Waals surface area contributed by atoms with E-state index in [4.69, 9.17) is 9.47 Å². The molecule has 4 rings (SSSR count). The highest BCUT2D eigenvalue weighted by atomic mass is 19.1. The molecule has 0 saturated carbocycles. The van der Waals surface area contributed by atoms with Gasteiger partial charge in [0.15, 0.2) is 0 Å². The van der Waals surface area contributed by atoms with Crippen molar-refractivity contribution in [3.05, 3.63) is 60.5 Å². The van der Waals surface area contributed by atoms with Crippen LogP contribution in [0.5, 0.6) is 5.75 Å². The van der Waals surface area contributed by atoms with E-state index in [1.165, 1.54) is 12.1 Å². The zero-order valence-corrected chi connectivity index (χ0v) is 18.3. The fourth-order valence-electron chi connectivity index (χ4n) is 3.70. The average molecular weight is 441 g/mol. The number of amides is 2. The fourth-order valence-corrected chi connectivity index (χ4v) is 3.70. The number of fused-ring (bicyclic) bond motifs is 1. The number of hydrogen-bond donors (Lipinski definition) is 1. The molecule has 0 radical (unpaired) electrons. The van der Waals surface area contributed by atoms with Crippen molar-refractivity contribution >= 4 is 22.6 Å². The second-order valence-corrected chi connectivity index (χ2v) is 7.89. The van der Waals surface area contributed by atoms with Crippen LogP contribution in [-0.4, -0.2) is 73.4 Å². The lowest BCUT2D eigenvalue weighted by molar-refractivity contribution is 0.0365. The van der Waals surface area contributed by atoms with Gasteiger partial charge < -0.3 is 24.3 Å². The van der Waals surface area contributed by atoms with Crippen molar-refractivity contribution in [1.82, 2.24) is 14.4 Å². The summed E-state index contributed by atoms with van der Waals surface area (Å²) < 4.78 is 26.2. The van der Waals surface area contributed by atoms with Crippen LogP contribution in [0.15, 0.2) is 54.7 Å².